The van der Waals surface area contributed by atoms with Crippen LogP contribution in [0.3, 0.4) is 0 Å². The molecule has 28 heavy (non-hydrogen) atoms. The van der Waals surface area contributed by atoms with E-state index in [1.54, 1.807) is 6.07 Å². The van der Waals surface area contributed by atoms with Crippen molar-refractivity contribution in [2.45, 2.75) is 19.3 Å². The van der Waals surface area contributed by atoms with Crippen LogP contribution in [0.15, 0.2) is 30.4 Å². The third-order valence-electron chi connectivity index (χ3n) is 6.54. The van der Waals surface area contributed by atoms with Gasteiger partial charge in [-0.05, 0) is 49.3 Å². The number of carbonyl (C=O) groups excluding carboxylic acids is 3. The van der Waals surface area contributed by atoms with Gasteiger partial charge in [0.2, 0.25) is 17.7 Å². The molecule has 0 aromatic heterocycles. The largest absolute Gasteiger partial charge is 0.370 e. The highest BCUT2D eigenvalue weighted by Gasteiger charge is 2.59. The average molecular weight is 400 g/mol. The fraction of sp³-hybridized carbons (Fsp3) is 0.476. The highest BCUT2D eigenvalue weighted by molar-refractivity contribution is 6.31. The summed E-state index contributed by atoms with van der Waals surface area (Å²) in [5, 5.41) is 3.40. The van der Waals surface area contributed by atoms with Crippen molar-refractivity contribution >= 4 is 40.7 Å². The minimum atomic E-state index is -0.371. The quantitative estimate of drug-likeness (QED) is 0.624. The number of fused-ring (bicyclic) bond motifs is 5. The number of nitrogens with one attached hydrogen (secondary N) is 1. The van der Waals surface area contributed by atoms with E-state index in [4.69, 9.17) is 11.6 Å². The zero-order valence-corrected chi connectivity index (χ0v) is 16.2. The molecule has 3 amide bonds. The number of allylic oxidation sites excluding steroid dienone is 2. The first kappa shape index (κ1) is 17.7. The van der Waals surface area contributed by atoms with Crippen molar-refractivity contribution in [2.24, 2.45) is 23.7 Å². The lowest BCUT2D eigenvalue weighted by molar-refractivity contribution is -0.143. The summed E-state index contributed by atoms with van der Waals surface area (Å²) < 4.78 is 0. The molecule has 3 fully saturated rings. The molecule has 1 saturated carbocycles. The zero-order valence-electron chi connectivity index (χ0n) is 15.4. The third-order valence-corrected chi connectivity index (χ3v) is 6.78. The molecule has 0 radical (unpaired) electrons. The SMILES string of the molecule is O=C(CN1C(=O)C2C3C=CC(C3)C2C1=O)Nc1cc(Cl)ccc1N1CCCC1. The second-order valence-corrected chi connectivity index (χ2v) is 8.60. The first-order valence-electron chi connectivity index (χ1n) is 9.91. The van der Waals surface area contributed by atoms with E-state index in [0.717, 1.165) is 42.9 Å². The summed E-state index contributed by atoms with van der Waals surface area (Å²) in [6.07, 6.45) is 7.22. The van der Waals surface area contributed by atoms with Crippen LogP contribution in [0.25, 0.3) is 0 Å². The minimum Gasteiger partial charge on any atom is -0.370 e. The number of carbonyl (C=O) groups is 3. The van der Waals surface area contributed by atoms with Crippen LogP contribution in [-0.2, 0) is 14.4 Å². The van der Waals surface area contributed by atoms with Crippen molar-refractivity contribution in [3.8, 4) is 0 Å². The molecule has 1 aromatic rings. The lowest BCUT2D eigenvalue weighted by Crippen LogP contribution is -2.39. The van der Waals surface area contributed by atoms with Gasteiger partial charge in [0, 0.05) is 18.1 Å². The number of hydrogen-bond donors (Lipinski definition) is 1. The van der Waals surface area contributed by atoms with Crippen molar-refractivity contribution < 1.29 is 14.4 Å². The van der Waals surface area contributed by atoms with Crippen LogP contribution in [0.2, 0.25) is 5.02 Å². The second-order valence-electron chi connectivity index (χ2n) is 8.17. The summed E-state index contributed by atoms with van der Waals surface area (Å²) in [4.78, 5) is 41.6. The first-order chi connectivity index (χ1) is 13.5. The Morgan fingerprint density at radius 3 is 2.36 bits per heavy atom. The Labute approximate surface area is 168 Å². The molecule has 7 heteroatoms. The van der Waals surface area contributed by atoms with Crippen molar-refractivity contribution in [3.05, 3.63) is 35.4 Å². The Balaban J connectivity index is 1.32. The Bertz CT molecular complexity index is 863. The molecule has 1 N–H and O–H groups in total. The van der Waals surface area contributed by atoms with Gasteiger partial charge >= 0.3 is 0 Å². The number of imide groups is 1. The maximum Gasteiger partial charge on any atom is 0.244 e. The maximum absolute atomic E-state index is 12.8. The normalized spacial score (nSPS) is 30.5. The summed E-state index contributed by atoms with van der Waals surface area (Å²) in [5.41, 5.74) is 1.55. The number of amides is 3. The number of nitrogens with zero attached hydrogens (tertiary/aromatic N) is 2. The topological polar surface area (TPSA) is 69.7 Å². The van der Waals surface area contributed by atoms with Gasteiger partial charge in [0.1, 0.15) is 6.54 Å². The van der Waals surface area contributed by atoms with Crippen molar-refractivity contribution in [1.82, 2.24) is 4.90 Å². The van der Waals surface area contributed by atoms with E-state index in [0.29, 0.717) is 10.7 Å². The number of anilines is 2. The van der Waals surface area contributed by atoms with E-state index < -0.39 is 0 Å². The fourth-order valence-electron chi connectivity index (χ4n) is 5.30. The molecule has 0 spiro atoms. The first-order valence-corrected chi connectivity index (χ1v) is 10.3. The van der Waals surface area contributed by atoms with E-state index >= 15 is 0 Å². The summed E-state index contributed by atoms with van der Waals surface area (Å²) in [6, 6.07) is 5.44. The second kappa shape index (κ2) is 6.62. The maximum atomic E-state index is 12.8. The molecular weight excluding hydrogens is 378 g/mol. The predicted molar refractivity (Wildman–Crippen MR) is 106 cm³/mol. The number of hydrogen-bond acceptors (Lipinski definition) is 4. The monoisotopic (exact) mass is 399 g/mol. The predicted octanol–water partition coefficient (Wildman–Crippen LogP) is 2.69. The van der Waals surface area contributed by atoms with Gasteiger partial charge < -0.3 is 10.2 Å². The lowest BCUT2D eigenvalue weighted by Gasteiger charge is -2.23. The van der Waals surface area contributed by atoms with Crippen molar-refractivity contribution in [2.75, 3.05) is 29.9 Å². The Morgan fingerprint density at radius 1 is 1.07 bits per heavy atom. The smallest absolute Gasteiger partial charge is 0.244 e. The molecule has 2 saturated heterocycles. The fourth-order valence-corrected chi connectivity index (χ4v) is 5.47. The molecule has 2 bridgehead atoms. The molecule has 5 rings (SSSR count). The molecular formula is C21H22ClN3O3. The molecule has 2 heterocycles. The van der Waals surface area contributed by atoms with Crippen LogP contribution < -0.4 is 10.2 Å². The van der Waals surface area contributed by atoms with Gasteiger partial charge in [-0.3, -0.25) is 19.3 Å². The van der Waals surface area contributed by atoms with E-state index in [1.165, 1.54) is 0 Å². The van der Waals surface area contributed by atoms with Crippen LogP contribution >= 0.6 is 11.6 Å². The van der Waals surface area contributed by atoms with E-state index in [-0.39, 0.29) is 47.9 Å². The van der Waals surface area contributed by atoms with Gasteiger partial charge in [-0.1, -0.05) is 23.8 Å². The molecule has 2 aliphatic carbocycles. The molecule has 2 aliphatic heterocycles. The van der Waals surface area contributed by atoms with Crippen LogP contribution in [-0.4, -0.2) is 42.3 Å². The Kier molecular flexibility index (Phi) is 4.19. The van der Waals surface area contributed by atoms with Gasteiger partial charge in [0.05, 0.1) is 23.2 Å². The van der Waals surface area contributed by atoms with Crippen LogP contribution in [0.4, 0.5) is 11.4 Å². The van der Waals surface area contributed by atoms with Crippen LogP contribution in [0.1, 0.15) is 19.3 Å². The van der Waals surface area contributed by atoms with E-state index in [2.05, 4.69) is 22.4 Å². The number of rotatable bonds is 4. The molecule has 4 unspecified atom stereocenters. The number of likely N-dealkylation sites (tertiary alicyclic amines) is 1. The lowest BCUT2D eigenvalue weighted by atomic mass is 9.85. The number of benzene rings is 1. The van der Waals surface area contributed by atoms with Gasteiger partial charge in [-0.15, -0.1) is 0 Å². The molecule has 4 atom stereocenters. The summed E-state index contributed by atoms with van der Waals surface area (Å²) >= 11 is 6.13. The number of halogens is 1. The van der Waals surface area contributed by atoms with E-state index in [9.17, 15) is 14.4 Å². The highest BCUT2D eigenvalue weighted by Crippen LogP contribution is 2.52. The zero-order chi connectivity index (χ0) is 19.4. The Morgan fingerprint density at radius 2 is 1.71 bits per heavy atom. The van der Waals surface area contributed by atoms with Gasteiger partial charge in [-0.2, -0.15) is 0 Å². The standard InChI is InChI=1S/C21H22ClN3O3/c22-14-5-6-16(24-7-1-2-8-24)15(10-14)23-17(26)11-25-20(27)18-12-3-4-13(9-12)19(18)21(25)28/h3-6,10,12-13,18-19H,1-2,7-9,11H2,(H,23,26). The molecule has 146 valence electrons. The molecule has 1 aromatic carbocycles. The Hall–Kier alpha value is -2.34. The van der Waals surface area contributed by atoms with Gasteiger partial charge in [0.25, 0.3) is 0 Å². The van der Waals surface area contributed by atoms with Crippen molar-refractivity contribution in [3.63, 3.8) is 0 Å². The average Bonchev–Trinajstić information content (AvgIpc) is 3.44. The van der Waals surface area contributed by atoms with Gasteiger partial charge in [0.15, 0.2) is 0 Å². The molecule has 4 aliphatic rings. The van der Waals surface area contributed by atoms with E-state index in [1.807, 2.05) is 12.1 Å². The third kappa shape index (κ3) is 2.73. The highest BCUT2D eigenvalue weighted by atomic mass is 35.5. The van der Waals surface area contributed by atoms with Crippen LogP contribution in [0.5, 0.6) is 0 Å². The summed E-state index contributed by atoms with van der Waals surface area (Å²) in [7, 11) is 0. The summed E-state index contributed by atoms with van der Waals surface area (Å²) in [6.45, 7) is 1.63. The van der Waals surface area contributed by atoms with Gasteiger partial charge in [-0.25, -0.2) is 0 Å². The van der Waals surface area contributed by atoms with Crippen LogP contribution in [0, 0.1) is 23.7 Å². The minimum absolute atomic E-state index is 0.147. The van der Waals surface area contributed by atoms with Crippen molar-refractivity contribution in [1.29, 1.82) is 0 Å². The summed E-state index contributed by atoms with van der Waals surface area (Å²) in [5.74, 6) is -1.03. The molecule has 6 nitrogen and oxygen atoms in total.